The summed E-state index contributed by atoms with van der Waals surface area (Å²) in [6.45, 7) is 2.48. The van der Waals surface area contributed by atoms with Gasteiger partial charge in [-0.15, -0.1) is 0 Å². The van der Waals surface area contributed by atoms with Crippen LogP contribution >= 0.6 is 0 Å². The Morgan fingerprint density at radius 2 is 1.96 bits per heavy atom. The molecule has 2 unspecified atom stereocenters. The lowest BCUT2D eigenvalue weighted by molar-refractivity contribution is 0.169. The maximum absolute atomic E-state index is 12.6. The lowest BCUT2D eigenvalue weighted by Gasteiger charge is -2.40. The van der Waals surface area contributed by atoms with Crippen molar-refractivity contribution in [3.8, 4) is 0 Å². The Kier molecular flexibility index (Phi) is 3.99. The molecule has 1 saturated carbocycles. The summed E-state index contributed by atoms with van der Waals surface area (Å²) in [7, 11) is 1.78. The maximum Gasteiger partial charge on any atom is 0.280 e. The molecule has 0 N–H and O–H groups in total. The van der Waals surface area contributed by atoms with Crippen molar-refractivity contribution in [2.24, 2.45) is 24.8 Å². The normalized spacial score (nSPS) is 26.6. The lowest BCUT2D eigenvalue weighted by atomic mass is 9.64. The molecule has 2 aliphatic carbocycles. The van der Waals surface area contributed by atoms with Crippen LogP contribution in [0.4, 0.5) is 0 Å². The van der Waals surface area contributed by atoms with Gasteiger partial charge >= 0.3 is 0 Å². The fraction of sp³-hybridized carbons (Fsp3) is 0.450. The fourth-order valence-electron chi connectivity index (χ4n) is 4.34. The summed E-state index contributed by atoms with van der Waals surface area (Å²) >= 11 is 0. The summed E-state index contributed by atoms with van der Waals surface area (Å²) in [4.78, 5) is 25.5. The minimum atomic E-state index is -0.167. The molecule has 8 nitrogen and oxygen atoms in total. The second-order valence-electron chi connectivity index (χ2n) is 7.89. The Morgan fingerprint density at radius 3 is 2.79 bits per heavy atom. The van der Waals surface area contributed by atoms with E-state index >= 15 is 0 Å². The molecule has 2 atom stereocenters. The predicted molar refractivity (Wildman–Crippen MR) is 103 cm³/mol. The number of imidazole rings is 1. The average molecular weight is 378 g/mol. The van der Waals surface area contributed by atoms with E-state index in [1.165, 1.54) is 10.9 Å². The van der Waals surface area contributed by atoms with Crippen molar-refractivity contribution in [2.75, 3.05) is 0 Å². The number of rotatable bonds is 4. The van der Waals surface area contributed by atoms with Crippen LogP contribution in [0.5, 0.6) is 0 Å². The lowest BCUT2D eigenvalue weighted by Crippen LogP contribution is -2.32. The van der Waals surface area contributed by atoms with Gasteiger partial charge in [0.2, 0.25) is 5.89 Å². The number of aromatic nitrogens is 6. The van der Waals surface area contributed by atoms with Gasteiger partial charge in [0.15, 0.2) is 17.0 Å². The molecule has 1 fully saturated rings. The summed E-state index contributed by atoms with van der Waals surface area (Å²) in [6.07, 6.45) is 14.1. The highest BCUT2D eigenvalue weighted by atomic mass is 16.5. The Hall–Kier alpha value is -3.03. The average Bonchev–Trinajstić information content (AvgIpc) is 3.25. The van der Waals surface area contributed by atoms with E-state index in [2.05, 4.69) is 51.3 Å². The van der Waals surface area contributed by atoms with Gasteiger partial charge < -0.3 is 9.09 Å². The standard InChI is InChI=1S/C20H22N6O2/c1-12-5-3-4-6-15(12)13-7-14(8-13)18-23-16(28-24-18)9-26-11-22-19-17(20(26)27)25(2)10-21-19/h3-6,10-15H,7-9H2,1-2H3. The van der Waals surface area contributed by atoms with Crippen LogP contribution in [0.1, 0.15) is 37.4 Å². The van der Waals surface area contributed by atoms with Crippen LogP contribution in [0.25, 0.3) is 11.2 Å². The molecular formula is C20H22N6O2. The van der Waals surface area contributed by atoms with E-state index in [1.54, 1.807) is 17.9 Å². The molecule has 144 valence electrons. The van der Waals surface area contributed by atoms with Crippen LogP contribution in [0, 0.1) is 17.8 Å². The Labute approximate surface area is 161 Å². The van der Waals surface area contributed by atoms with Crippen molar-refractivity contribution in [2.45, 2.75) is 32.2 Å². The monoisotopic (exact) mass is 378 g/mol. The Morgan fingerprint density at radius 1 is 1.18 bits per heavy atom. The Bertz CT molecular complexity index is 1130. The largest absolute Gasteiger partial charge is 0.337 e. The number of hydrogen-bond donors (Lipinski definition) is 0. The highest BCUT2D eigenvalue weighted by Crippen LogP contribution is 2.47. The van der Waals surface area contributed by atoms with Gasteiger partial charge in [0.25, 0.3) is 5.56 Å². The van der Waals surface area contributed by atoms with Crippen LogP contribution in [0.15, 0.2) is 46.3 Å². The Balaban J connectivity index is 1.28. The molecule has 3 aromatic heterocycles. The van der Waals surface area contributed by atoms with Gasteiger partial charge in [-0.25, -0.2) is 9.97 Å². The summed E-state index contributed by atoms with van der Waals surface area (Å²) in [5.41, 5.74) is 0.740. The van der Waals surface area contributed by atoms with Gasteiger partial charge in [-0.05, 0) is 30.6 Å². The third-order valence-electron chi connectivity index (χ3n) is 6.04. The summed E-state index contributed by atoms with van der Waals surface area (Å²) in [5.74, 6) is 3.36. The highest BCUT2D eigenvalue weighted by molar-refractivity contribution is 5.68. The van der Waals surface area contributed by atoms with E-state index in [-0.39, 0.29) is 12.1 Å². The van der Waals surface area contributed by atoms with Crippen molar-refractivity contribution < 1.29 is 4.52 Å². The molecule has 0 bridgehead atoms. The molecule has 3 heterocycles. The zero-order chi connectivity index (χ0) is 19.3. The molecule has 0 aromatic carbocycles. The fourth-order valence-corrected chi connectivity index (χ4v) is 4.34. The number of nitrogens with zero attached hydrogens (tertiary/aromatic N) is 6. The van der Waals surface area contributed by atoms with Gasteiger partial charge in [-0.2, -0.15) is 4.98 Å². The molecule has 0 amide bonds. The first-order valence-electron chi connectivity index (χ1n) is 9.64. The van der Waals surface area contributed by atoms with E-state index in [0.717, 1.165) is 18.7 Å². The quantitative estimate of drug-likeness (QED) is 0.692. The molecule has 0 saturated heterocycles. The molecule has 2 aliphatic rings. The van der Waals surface area contributed by atoms with E-state index in [4.69, 9.17) is 4.52 Å². The van der Waals surface area contributed by atoms with Crippen molar-refractivity contribution >= 4 is 11.2 Å². The smallest absolute Gasteiger partial charge is 0.280 e. The molecule has 5 rings (SSSR count). The van der Waals surface area contributed by atoms with Gasteiger partial charge in [-0.3, -0.25) is 9.36 Å². The minimum Gasteiger partial charge on any atom is -0.337 e. The third-order valence-corrected chi connectivity index (χ3v) is 6.04. The van der Waals surface area contributed by atoms with Crippen LogP contribution in [0.2, 0.25) is 0 Å². The van der Waals surface area contributed by atoms with Crippen molar-refractivity contribution in [1.82, 2.24) is 29.2 Å². The van der Waals surface area contributed by atoms with Crippen LogP contribution in [-0.4, -0.2) is 29.2 Å². The number of aryl methyl sites for hydroxylation is 1. The van der Waals surface area contributed by atoms with Gasteiger partial charge in [-0.1, -0.05) is 36.4 Å². The minimum absolute atomic E-state index is 0.167. The van der Waals surface area contributed by atoms with Crippen molar-refractivity contribution in [3.63, 3.8) is 0 Å². The van der Waals surface area contributed by atoms with E-state index in [1.807, 2.05) is 0 Å². The molecule has 0 spiro atoms. The molecule has 3 aromatic rings. The van der Waals surface area contributed by atoms with Crippen LogP contribution in [0.3, 0.4) is 0 Å². The summed E-state index contributed by atoms with van der Waals surface area (Å²) in [6, 6.07) is 0. The number of fused-ring (bicyclic) bond motifs is 1. The predicted octanol–water partition coefficient (Wildman–Crippen LogP) is 2.43. The van der Waals surface area contributed by atoms with Crippen molar-refractivity contribution in [1.29, 1.82) is 0 Å². The third kappa shape index (κ3) is 2.80. The SMILES string of the molecule is CC1C=CC=CC1C1CC(c2noc(Cn3cnc4ncn(C)c4c3=O)n2)C1. The van der Waals surface area contributed by atoms with E-state index in [9.17, 15) is 4.79 Å². The second-order valence-corrected chi connectivity index (χ2v) is 7.89. The molecular weight excluding hydrogens is 356 g/mol. The summed E-state index contributed by atoms with van der Waals surface area (Å²) in [5, 5.41) is 4.16. The van der Waals surface area contributed by atoms with Gasteiger partial charge in [0.05, 0.1) is 6.33 Å². The summed E-state index contributed by atoms with van der Waals surface area (Å²) < 4.78 is 8.56. The molecule has 0 aliphatic heterocycles. The number of allylic oxidation sites excluding steroid dienone is 4. The zero-order valence-corrected chi connectivity index (χ0v) is 15.9. The first-order valence-corrected chi connectivity index (χ1v) is 9.64. The molecule has 0 radical (unpaired) electrons. The van der Waals surface area contributed by atoms with Crippen LogP contribution in [-0.2, 0) is 13.6 Å². The van der Waals surface area contributed by atoms with Crippen molar-refractivity contribution in [3.05, 3.63) is 59.0 Å². The second kappa shape index (κ2) is 6.54. The van der Waals surface area contributed by atoms with E-state index in [0.29, 0.717) is 40.7 Å². The topological polar surface area (TPSA) is 91.6 Å². The van der Waals surface area contributed by atoms with E-state index < -0.39 is 0 Å². The first-order chi connectivity index (χ1) is 13.6. The molecule has 8 heteroatoms. The number of hydrogen-bond acceptors (Lipinski definition) is 6. The zero-order valence-electron chi connectivity index (χ0n) is 15.9. The first kappa shape index (κ1) is 17.1. The van der Waals surface area contributed by atoms with Gasteiger partial charge in [0, 0.05) is 13.0 Å². The molecule has 28 heavy (non-hydrogen) atoms. The van der Waals surface area contributed by atoms with Crippen LogP contribution < -0.4 is 5.56 Å². The maximum atomic E-state index is 12.6. The highest BCUT2D eigenvalue weighted by Gasteiger charge is 2.39. The van der Waals surface area contributed by atoms with Gasteiger partial charge in [0.1, 0.15) is 12.9 Å².